The van der Waals surface area contributed by atoms with Gasteiger partial charge in [-0.15, -0.1) is 0 Å². The Morgan fingerprint density at radius 2 is 1.96 bits per heavy atom. The molecule has 2 aromatic heterocycles. The Morgan fingerprint density at radius 1 is 1.17 bits per heavy atom. The molecule has 3 aromatic rings. The minimum atomic E-state index is -0.372. The number of benzene rings is 1. The third-order valence-electron chi connectivity index (χ3n) is 3.76. The first-order chi connectivity index (χ1) is 11.4. The molecule has 0 saturated heterocycles. The number of fused-ring (bicyclic) bond motifs is 1. The summed E-state index contributed by atoms with van der Waals surface area (Å²) in [5.41, 5.74) is 3.61. The van der Waals surface area contributed by atoms with Crippen molar-refractivity contribution in [2.45, 2.75) is 34.3 Å². The summed E-state index contributed by atoms with van der Waals surface area (Å²) in [5, 5.41) is 0.753. The van der Waals surface area contributed by atoms with Gasteiger partial charge in [-0.2, -0.15) is 0 Å². The molecule has 0 radical (unpaired) electrons. The Kier molecular flexibility index (Phi) is 4.25. The fourth-order valence-electron chi connectivity index (χ4n) is 2.57. The highest BCUT2D eigenvalue weighted by molar-refractivity contribution is 5.88. The van der Waals surface area contributed by atoms with Crippen LogP contribution in [-0.4, -0.2) is 11.0 Å². The first kappa shape index (κ1) is 16.1. The summed E-state index contributed by atoms with van der Waals surface area (Å²) in [6.07, 6.45) is 0. The maximum Gasteiger partial charge on any atom is 0.308 e. The molecular formula is C19H19NO4. The highest BCUT2D eigenvalue weighted by Crippen LogP contribution is 2.35. The van der Waals surface area contributed by atoms with Crippen LogP contribution in [0.15, 0.2) is 34.7 Å². The third kappa shape index (κ3) is 3.25. The monoisotopic (exact) mass is 325 g/mol. The van der Waals surface area contributed by atoms with Crippen molar-refractivity contribution in [3.63, 3.8) is 0 Å². The Hall–Kier alpha value is -2.82. The number of rotatable bonds is 4. The second-order valence-electron chi connectivity index (χ2n) is 5.72. The zero-order valence-corrected chi connectivity index (χ0v) is 14.2. The zero-order chi connectivity index (χ0) is 17.3. The van der Waals surface area contributed by atoms with Crippen LogP contribution in [0.25, 0.3) is 11.0 Å². The fraction of sp³-hybridized carbons (Fsp3) is 0.263. The smallest absolute Gasteiger partial charge is 0.308 e. The minimum Gasteiger partial charge on any atom is -0.489 e. The Morgan fingerprint density at radius 3 is 2.67 bits per heavy atom. The van der Waals surface area contributed by atoms with Crippen LogP contribution in [0.3, 0.4) is 0 Å². The summed E-state index contributed by atoms with van der Waals surface area (Å²) in [6, 6.07) is 9.45. The van der Waals surface area contributed by atoms with Crippen LogP contribution in [0, 0.1) is 20.8 Å². The average Bonchev–Trinajstić information content (AvgIpc) is 2.81. The molecule has 3 rings (SSSR count). The highest BCUT2D eigenvalue weighted by atomic mass is 16.5. The number of hydrogen-bond acceptors (Lipinski definition) is 5. The molecule has 0 aliphatic carbocycles. The molecule has 0 amide bonds. The Balaban J connectivity index is 1.82. The summed E-state index contributed by atoms with van der Waals surface area (Å²) >= 11 is 0. The van der Waals surface area contributed by atoms with Crippen molar-refractivity contribution >= 4 is 16.9 Å². The molecule has 1 aromatic carbocycles. The third-order valence-corrected chi connectivity index (χ3v) is 3.76. The zero-order valence-electron chi connectivity index (χ0n) is 14.2. The number of carbonyl (C=O) groups excluding carboxylic acids is 1. The number of furan rings is 1. The molecule has 0 N–H and O–H groups in total. The van der Waals surface area contributed by atoms with Gasteiger partial charge in [-0.25, -0.2) is 0 Å². The first-order valence-corrected chi connectivity index (χ1v) is 7.71. The quantitative estimate of drug-likeness (QED) is 0.671. The maximum absolute atomic E-state index is 11.2. The number of hydrogen-bond donors (Lipinski definition) is 0. The molecule has 2 heterocycles. The van der Waals surface area contributed by atoms with Crippen molar-refractivity contribution in [2.75, 3.05) is 0 Å². The van der Waals surface area contributed by atoms with Crippen molar-refractivity contribution in [1.82, 2.24) is 4.98 Å². The van der Waals surface area contributed by atoms with Crippen molar-refractivity contribution < 1.29 is 18.7 Å². The number of esters is 1. The van der Waals surface area contributed by atoms with Crippen molar-refractivity contribution in [1.29, 1.82) is 0 Å². The van der Waals surface area contributed by atoms with E-state index in [-0.39, 0.29) is 5.97 Å². The summed E-state index contributed by atoms with van der Waals surface area (Å²) in [4.78, 5) is 15.6. The second kappa shape index (κ2) is 6.35. The number of pyridine rings is 1. The van der Waals surface area contributed by atoms with Gasteiger partial charge in [0.25, 0.3) is 0 Å². The lowest BCUT2D eigenvalue weighted by Gasteiger charge is -2.09. The van der Waals surface area contributed by atoms with Crippen LogP contribution in [-0.2, 0) is 11.4 Å². The van der Waals surface area contributed by atoms with Crippen LogP contribution in [0.4, 0.5) is 0 Å². The van der Waals surface area contributed by atoms with Gasteiger partial charge in [0.15, 0.2) is 5.75 Å². The fourth-order valence-corrected chi connectivity index (χ4v) is 2.57. The molecule has 24 heavy (non-hydrogen) atoms. The van der Waals surface area contributed by atoms with Gasteiger partial charge in [-0.05, 0) is 39.0 Å². The SMILES string of the molecule is CC(=O)Oc1c(C)oc2cc(OCc3ccc(C)nc3C)ccc12. The molecule has 0 bridgehead atoms. The van der Waals surface area contributed by atoms with Gasteiger partial charge in [-0.1, -0.05) is 6.07 Å². The number of aryl methyl sites for hydroxylation is 3. The van der Waals surface area contributed by atoms with Crippen LogP contribution >= 0.6 is 0 Å². The molecular weight excluding hydrogens is 306 g/mol. The maximum atomic E-state index is 11.2. The van der Waals surface area contributed by atoms with E-state index in [0.717, 1.165) is 22.3 Å². The summed E-state index contributed by atoms with van der Waals surface area (Å²) in [7, 11) is 0. The topological polar surface area (TPSA) is 61.6 Å². The van der Waals surface area contributed by atoms with Gasteiger partial charge < -0.3 is 13.9 Å². The number of carbonyl (C=O) groups is 1. The van der Waals surface area contributed by atoms with E-state index in [1.54, 1.807) is 13.0 Å². The second-order valence-corrected chi connectivity index (χ2v) is 5.72. The van der Waals surface area contributed by atoms with Gasteiger partial charge in [0.05, 0.1) is 5.39 Å². The Bertz CT molecular complexity index is 911. The van der Waals surface area contributed by atoms with E-state index in [4.69, 9.17) is 13.9 Å². The molecule has 0 unspecified atom stereocenters. The number of ether oxygens (including phenoxy) is 2. The van der Waals surface area contributed by atoms with Crippen LogP contribution in [0.2, 0.25) is 0 Å². The molecule has 5 nitrogen and oxygen atoms in total. The predicted molar refractivity (Wildman–Crippen MR) is 90.3 cm³/mol. The van der Waals surface area contributed by atoms with Crippen molar-refractivity contribution in [3.05, 3.63) is 53.0 Å². The van der Waals surface area contributed by atoms with E-state index in [1.807, 2.05) is 38.1 Å². The predicted octanol–water partition coefficient (Wildman–Crippen LogP) is 4.26. The standard InChI is InChI=1S/C19H19NO4/c1-11-5-6-15(12(2)20-11)10-22-16-7-8-17-18(9-16)23-13(3)19(17)24-14(4)21/h5-9H,10H2,1-4H3. The highest BCUT2D eigenvalue weighted by Gasteiger charge is 2.15. The summed E-state index contributed by atoms with van der Waals surface area (Å²) < 4.78 is 16.7. The normalized spacial score (nSPS) is 10.8. The van der Waals surface area contributed by atoms with E-state index in [2.05, 4.69) is 4.98 Å². The molecule has 0 atom stereocenters. The van der Waals surface area contributed by atoms with E-state index < -0.39 is 0 Å². The minimum absolute atomic E-state index is 0.372. The lowest BCUT2D eigenvalue weighted by Crippen LogP contribution is -2.01. The van der Waals surface area contributed by atoms with Crippen molar-refractivity contribution in [2.24, 2.45) is 0 Å². The van der Waals surface area contributed by atoms with Gasteiger partial charge in [0.2, 0.25) is 0 Å². The van der Waals surface area contributed by atoms with Gasteiger partial charge >= 0.3 is 5.97 Å². The van der Waals surface area contributed by atoms with Crippen LogP contribution in [0.1, 0.15) is 29.6 Å². The molecule has 0 saturated carbocycles. The van der Waals surface area contributed by atoms with Crippen LogP contribution in [0.5, 0.6) is 11.5 Å². The van der Waals surface area contributed by atoms with E-state index >= 15 is 0 Å². The van der Waals surface area contributed by atoms with E-state index in [1.165, 1.54) is 6.92 Å². The summed E-state index contributed by atoms with van der Waals surface area (Å²) in [5.74, 6) is 1.34. The lowest BCUT2D eigenvalue weighted by atomic mass is 10.2. The Labute approximate surface area is 140 Å². The molecule has 0 spiro atoms. The molecule has 5 heteroatoms. The molecule has 0 aliphatic heterocycles. The van der Waals surface area contributed by atoms with Crippen molar-refractivity contribution in [3.8, 4) is 11.5 Å². The molecule has 124 valence electrons. The van der Waals surface area contributed by atoms with Gasteiger partial charge in [0.1, 0.15) is 23.7 Å². The largest absolute Gasteiger partial charge is 0.489 e. The molecule has 0 fully saturated rings. The lowest BCUT2D eigenvalue weighted by molar-refractivity contribution is -0.131. The van der Waals surface area contributed by atoms with E-state index in [9.17, 15) is 4.79 Å². The first-order valence-electron chi connectivity index (χ1n) is 7.71. The number of aromatic nitrogens is 1. The van der Waals surface area contributed by atoms with Gasteiger partial charge in [-0.3, -0.25) is 9.78 Å². The van der Waals surface area contributed by atoms with Crippen LogP contribution < -0.4 is 9.47 Å². The molecule has 0 aliphatic rings. The van der Waals surface area contributed by atoms with E-state index in [0.29, 0.717) is 29.4 Å². The summed E-state index contributed by atoms with van der Waals surface area (Å²) in [6.45, 7) is 7.50. The number of nitrogens with zero attached hydrogens (tertiary/aromatic N) is 1. The average molecular weight is 325 g/mol. The van der Waals surface area contributed by atoms with Gasteiger partial charge in [0, 0.05) is 29.9 Å².